The van der Waals surface area contributed by atoms with E-state index >= 15 is 0 Å². The summed E-state index contributed by atoms with van der Waals surface area (Å²) in [5, 5.41) is 0. The van der Waals surface area contributed by atoms with Crippen LogP contribution in [0, 0.1) is 10.8 Å². The maximum Gasteiger partial charge on any atom is 0.316 e. The van der Waals surface area contributed by atoms with Gasteiger partial charge in [-0.3, -0.25) is 14.4 Å². The molecule has 0 saturated heterocycles. The van der Waals surface area contributed by atoms with Gasteiger partial charge in [-0.15, -0.1) is 6.58 Å². The van der Waals surface area contributed by atoms with Gasteiger partial charge < -0.3 is 18.9 Å². The van der Waals surface area contributed by atoms with Crippen LogP contribution in [-0.2, 0) is 16.0 Å². The molecule has 0 aliphatic carbocycles. The second-order valence-corrected chi connectivity index (χ2v) is 11.2. The first kappa shape index (κ1) is 31.3. The van der Waals surface area contributed by atoms with Crippen LogP contribution in [-0.4, -0.2) is 31.4 Å². The van der Waals surface area contributed by atoms with Crippen molar-refractivity contribution in [2.24, 2.45) is 10.8 Å². The molecule has 2 aromatic rings. The van der Waals surface area contributed by atoms with Crippen molar-refractivity contribution in [1.29, 1.82) is 0 Å². The Hall–Kier alpha value is -3.87. The molecule has 0 fully saturated rings. The Labute approximate surface area is 231 Å². The molecule has 0 saturated carbocycles. The van der Waals surface area contributed by atoms with E-state index in [2.05, 4.69) is 6.58 Å². The number of allylic oxidation sites excluding steroid dienone is 2. The molecule has 0 bridgehead atoms. The van der Waals surface area contributed by atoms with E-state index in [0.717, 1.165) is 6.42 Å². The summed E-state index contributed by atoms with van der Waals surface area (Å²) >= 11 is 0. The van der Waals surface area contributed by atoms with Crippen molar-refractivity contribution in [3.05, 3.63) is 65.8 Å². The lowest BCUT2D eigenvalue weighted by atomic mass is 9.97. The Morgan fingerprint density at radius 3 is 1.97 bits per heavy atom. The van der Waals surface area contributed by atoms with Crippen LogP contribution in [0.2, 0.25) is 0 Å². The van der Waals surface area contributed by atoms with Gasteiger partial charge in [0, 0.05) is 16.7 Å². The monoisotopic (exact) mass is 536 g/mol. The zero-order chi connectivity index (χ0) is 29.4. The molecule has 0 aliphatic heterocycles. The first-order chi connectivity index (χ1) is 18.2. The van der Waals surface area contributed by atoms with Crippen LogP contribution in [0.5, 0.6) is 23.0 Å². The standard InChI is InChI=1S/C32H40O7/c1-10-12-22-20-23(26(37-19-11-2)28(36-9)27(22)39-30(35)32(6,7)8)15-18-25(33)21-13-16-24(17-14-21)38-29(34)31(3,4)5/h10,13-18,20H,1,11-12,19H2,2-9H3. The van der Waals surface area contributed by atoms with Gasteiger partial charge in [0.1, 0.15) is 5.75 Å². The van der Waals surface area contributed by atoms with Crippen molar-refractivity contribution in [1.82, 2.24) is 0 Å². The number of rotatable bonds is 11. The van der Waals surface area contributed by atoms with E-state index in [0.29, 0.717) is 41.2 Å². The molecule has 0 aliphatic rings. The molecule has 2 rings (SSSR count). The average Bonchev–Trinajstić information content (AvgIpc) is 2.86. The fraction of sp³-hybridized carbons (Fsp3) is 0.406. The highest BCUT2D eigenvalue weighted by Gasteiger charge is 2.29. The molecule has 0 spiro atoms. The lowest BCUT2D eigenvalue weighted by molar-refractivity contribution is -0.143. The predicted octanol–water partition coefficient (Wildman–Crippen LogP) is 7.01. The number of carbonyl (C=O) groups is 3. The molecule has 0 N–H and O–H groups in total. The lowest BCUT2D eigenvalue weighted by Gasteiger charge is -2.22. The minimum atomic E-state index is -0.730. The largest absolute Gasteiger partial charge is 0.490 e. The summed E-state index contributed by atoms with van der Waals surface area (Å²) < 4.78 is 22.9. The van der Waals surface area contributed by atoms with E-state index in [-0.39, 0.29) is 23.3 Å². The molecule has 0 heterocycles. The minimum Gasteiger partial charge on any atom is -0.490 e. The fourth-order valence-electron chi connectivity index (χ4n) is 3.23. The third kappa shape index (κ3) is 8.57. The summed E-state index contributed by atoms with van der Waals surface area (Å²) in [6, 6.07) is 8.18. The quantitative estimate of drug-likeness (QED) is 0.100. The summed E-state index contributed by atoms with van der Waals surface area (Å²) in [5.41, 5.74) is 0.317. The summed E-state index contributed by atoms with van der Waals surface area (Å²) in [4.78, 5) is 37.8. The number of hydrogen-bond donors (Lipinski definition) is 0. The van der Waals surface area contributed by atoms with Gasteiger partial charge in [0.05, 0.1) is 24.5 Å². The second kappa shape index (κ2) is 13.3. The zero-order valence-electron chi connectivity index (χ0n) is 24.3. The third-order valence-corrected chi connectivity index (χ3v) is 5.50. The molecule has 0 radical (unpaired) electrons. The van der Waals surface area contributed by atoms with Crippen molar-refractivity contribution in [3.63, 3.8) is 0 Å². The number of carbonyl (C=O) groups excluding carboxylic acids is 3. The molecule has 210 valence electrons. The smallest absolute Gasteiger partial charge is 0.316 e. The van der Waals surface area contributed by atoms with E-state index < -0.39 is 16.8 Å². The molecule has 7 heteroatoms. The molecule has 7 nitrogen and oxygen atoms in total. The number of hydrogen-bond acceptors (Lipinski definition) is 7. The van der Waals surface area contributed by atoms with Crippen LogP contribution in [0.4, 0.5) is 0 Å². The van der Waals surface area contributed by atoms with Crippen LogP contribution in [0.25, 0.3) is 6.08 Å². The van der Waals surface area contributed by atoms with Gasteiger partial charge in [-0.2, -0.15) is 0 Å². The SMILES string of the molecule is C=CCc1cc(C=CC(=O)c2ccc(OC(=O)C(C)(C)C)cc2)c(OCCC)c(OC)c1OC(=O)C(C)(C)C. The van der Waals surface area contributed by atoms with Crippen molar-refractivity contribution >= 4 is 23.8 Å². The summed E-state index contributed by atoms with van der Waals surface area (Å²) in [6.07, 6.45) is 5.92. The summed E-state index contributed by atoms with van der Waals surface area (Å²) in [6.45, 7) is 16.8. The second-order valence-electron chi connectivity index (χ2n) is 11.2. The number of benzene rings is 2. The van der Waals surface area contributed by atoms with E-state index in [1.54, 1.807) is 84.0 Å². The van der Waals surface area contributed by atoms with Crippen LogP contribution in [0.15, 0.2) is 49.1 Å². The molecule has 0 atom stereocenters. The first-order valence-corrected chi connectivity index (χ1v) is 13.0. The molecule has 0 aromatic heterocycles. The fourth-order valence-corrected chi connectivity index (χ4v) is 3.23. The Morgan fingerprint density at radius 1 is 0.872 bits per heavy atom. The average molecular weight is 537 g/mol. The Morgan fingerprint density at radius 2 is 1.46 bits per heavy atom. The Balaban J connectivity index is 2.46. The molecule has 0 amide bonds. The van der Waals surface area contributed by atoms with E-state index in [1.807, 2.05) is 6.92 Å². The number of ketones is 1. The van der Waals surface area contributed by atoms with Crippen LogP contribution < -0.4 is 18.9 Å². The zero-order valence-corrected chi connectivity index (χ0v) is 24.3. The number of esters is 2. The highest BCUT2D eigenvalue weighted by Crippen LogP contribution is 2.45. The topological polar surface area (TPSA) is 88.1 Å². The van der Waals surface area contributed by atoms with Gasteiger partial charge >= 0.3 is 11.9 Å². The Kier molecular flexibility index (Phi) is 10.7. The van der Waals surface area contributed by atoms with Crippen molar-refractivity contribution in [2.75, 3.05) is 13.7 Å². The lowest BCUT2D eigenvalue weighted by Crippen LogP contribution is -2.26. The highest BCUT2D eigenvalue weighted by atomic mass is 16.6. The van der Waals surface area contributed by atoms with Gasteiger partial charge in [0.2, 0.25) is 5.75 Å². The summed E-state index contributed by atoms with van der Waals surface area (Å²) in [5.74, 6) is 0.259. The first-order valence-electron chi connectivity index (χ1n) is 13.0. The molecule has 0 unspecified atom stereocenters. The van der Waals surface area contributed by atoms with Gasteiger partial charge in [-0.1, -0.05) is 13.0 Å². The van der Waals surface area contributed by atoms with E-state index in [9.17, 15) is 14.4 Å². The summed E-state index contributed by atoms with van der Waals surface area (Å²) in [7, 11) is 1.48. The third-order valence-electron chi connectivity index (χ3n) is 5.50. The molecule has 39 heavy (non-hydrogen) atoms. The van der Waals surface area contributed by atoms with Gasteiger partial charge in [-0.25, -0.2) is 0 Å². The molecular formula is C32H40O7. The normalized spacial score (nSPS) is 11.7. The van der Waals surface area contributed by atoms with E-state index in [1.165, 1.54) is 13.2 Å². The highest BCUT2D eigenvalue weighted by molar-refractivity contribution is 6.07. The van der Waals surface area contributed by atoms with Crippen molar-refractivity contribution < 1.29 is 33.3 Å². The Bertz CT molecular complexity index is 1220. The number of methoxy groups -OCH3 is 1. The van der Waals surface area contributed by atoms with E-state index in [4.69, 9.17) is 18.9 Å². The van der Waals surface area contributed by atoms with Crippen molar-refractivity contribution in [2.45, 2.75) is 61.3 Å². The van der Waals surface area contributed by atoms with Crippen LogP contribution in [0.1, 0.15) is 76.4 Å². The van der Waals surface area contributed by atoms with Gasteiger partial charge in [0.15, 0.2) is 17.3 Å². The maximum atomic E-state index is 13.0. The maximum absolute atomic E-state index is 13.0. The van der Waals surface area contributed by atoms with Gasteiger partial charge in [0.25, 0.3) is 0 Å². The van der Waals surface area contributed by atoms with Gasteiger partial charge in [-0.05, 0) is 96.9 Å². The molecule has 2 aromatic carbocycles. The number of ether oxygens (including phenoxy) is 4. The van der Waals surface area contributed by atoms with Crippen molar-refractivity contribution in [3.8, 4) is 23.0 Å². The minimum absolute atomic E-state index is 0.252. The molecular weight excluding hydrogens is 496 g/mol. The predicted molar refractivity (Wildman–Crippen MR) is 153 cm³/mol. The van der Waals surface area contributed by atoms with Crippen LogP contribution >= 0.6 is 0 Å². The van der Waals surface area contributed by atoms with Crippen LogP contribution in [0.3, 0.4) is 0 Å².